The van der Waals surface area contributed by atoms with Gasteiger partial charge in [-0.15, -0.1) is 0 Å². The number of Topliss-reactive ketones (excluding diaryl/α,β-unsaturated/α-hetero) is 1. The number of hydrogen-bond acceptors (Lipinski definition) is 2. The number of hydrogen-bond donors (Lipinski definition) is 1. The Balaban J connectivity index is 1.59. The predicted molar refractivity (Wildman–Crippen MR) is 91.9 cm³/mol. The summed E-state index contributed by atoms with van der Waals surface area (Å²) in [5.74, 6) is 0.413. The summed E-state index contributed by atoms with van der Waals surface area (Å²) >= 11 is 0. The van der Waals surface area contributed by atoms with Crippen molar-refractivity contribution >= 4 is 5.78 Å². The largest absolute Gasteiger partial charge is 0.390 e. The van der Waals surface area contributed by atoms with E-state index in [-0.39, 0.29) is 0 Å². The van der Waals surface area contributed by atoms with Gasteiger partial charge in [0.2, 0.25) is 0 Å². The van der Waals surface area contributed by atoms with E-state index in [0.717, 1.165) is 51.4 Å². The molecule has 4 aliphatic rings. The number of aliphatic hydroxyl groups is 1. The Bertz CT molecular complexity index is 630. The molecule has 130 valence electrons. The van der Waals surface area contributed by atoms with E-state index in [9.17, 15) is 9.90 Å². The van der Waals surface area contributed by atoms with Gasteiger partial charge in [-0.1, -0.05) is 6.92 Å². The molecule has 0 spiro atoms. The van der Waals surface area contributed by atoms with Crippen molar-refractivity contribution in [1.82, 2.24) is 0 Å². The standard InChI is InChI=1S/C21H34O2/c1-13(22)18-6-7-19-17-5-4-14-12-20(2,23)10-8-15(14)16(17)9-11-21(18,19)3/h14-19,23H,4-12H2,1-3H3/t14-,15+,16-,17-,18-,19+,20-,21-/m1/s1/i1D3,18D. The van der Waals surface area contributed by atoms with Crippen molar-refractivity contribution in [3.8, 4) is 0 Å². The summed E-state index contributed by atoms with van der Waals surface area (Å²) in [5.41, 5.74) is -1.03. The second-order valence-electron chi connectivity index (χ2n) is 9.48. The van der Waals surface area contributed by atoms with Crippen LogP contribution in [0.3, 0.4) is 0 Å². The molecule has 4 aliphatic carbocycles. The minimum absolute atomic E-state index is 0.295. The van der Waals surface area contributed by atoms with Crippen molar-refractivity contribution in [3.63, 3.8) is 0 Å². The van der Waals surface area contributed by atoms with Crippen LogP contribution >= 0.6 is 0 Å². The average Bonchev–Trinajstić information content (AvgIpc) is 2.84. The summed E-state index contributed by atoms with van der Waals surface area (Å²) < 4.78 is 31.8. The van der Waals surface area contributed by atoms with Crippen molar-refractivity contribution in [1.29, 1.82) is 0 Å². The van der Waals surface area contributed by atoms with Crippen LogP contribution in [-0.2, 0) is 4.79 Å². The monoisotopic (exact) mass is 322 g/mol. The molecular formula is C21H34O2. The first-order chi connectivity index (χ1) is 12.4. The SMILES string of the molecule is [2H]C([2H])([2H])C(=O)[C@@]1([2H])CC[C@H]2[C@@H]3CC[C@@H]4C[C@](C)(O)CC[C@@H]4[C@H]3CC[C@@]21C. The molecule has 0 aromatic heterocycles. The van der Waals surface area contributed by atoms with E-state index in [1.54, 1.807) is 0 Å². The quantitative estimate of drug-likeness (QED) is 0.766. The molecule has 0 aliphatic heterocycles. The average molecular weight is 323 g/mol. The second kappa shape index (κ2) is 5.31. The lowest BCUT2D eigenvalue weighted by molar-refractivity contribution is -0.130. The van der Waals surface area contributed by atoms with Crippen LogP contribution in [0.4, 0.5) is 0 Å². The highest BCUT2D eigenvalue weighted by Crippen LogP contribution is 2.64. The molecule has 0 unspecified atom stereocenters. The van der Waals surface area contributed by atoms with Crippen molar-refractivity contribution < 1.29 is 15.4 Å². The van der Waals surface area contributed by atoms with Crippen molar-refractivity contribution in [2.75, 3.05) is 0 Å². The molecule has 1 N–H and O–H groups in total. The van der Waals surface area contributed by atoms with Crippen molar-refractivity contribution in [2.45, 2.75) is 84.1 Å². The summed E-state index contributed by atoms with van der Waals surface area (Å²) in [6.45, 7) is 1.33. The van der Waals surface area contributed by atoms with Gasteiger partial charge in [-0.2, -0.15) is 0 Å². The number of carbonyl (C=O) groups excluding carboxylic acids is 1. The van der Waals surface area contributed by atoms with E-state index >= 15 is 0 Å². The molecule has 0 saturated heterocycles. The van der Waals surface area contributed by atoms with E-state index in [2.05, 4.69) is 0 Å². The molecule has 4 saturated carbocycles. The van der Waals surface area contributed by atoms with Gasteiger partial charge in [0.25, 0.3) is 0 Å². The molecule has 4 rings (SSSR count). The molecule has 0 heterocycles. The van der Waals surface area contributed by atoms with Gasteiger partial charge in [-0.3, -0.25) is 4.79 Å². The highest BCUT2D eigenvalue weighted by atomic mass is 16.3. The topological polar surface area (TPSA) is 37.3 Å². The summed E-state index contributed by atoms with van der Waals surface area (Å²) in [4.78, 5) is 12.7. The van der Waals surface area contributed by atoms with Gasteiger partial charge in [0.1, 0.15) is 5.78 Å². The maximum atomic E-state index is 12.7. The van der Waals surface area contributed by atoms with Crippen molar-refractivity contribution in [3.05, 3.63) is 0 Å². The third kappa shape index (κ3) is 2.42. The lowest BCUT2D eigenvalue weighted by atomic mass is 9.49. The van der Waals surface area contributed by atoms with Crippen LogP contribution in [0.5, 0.6) is 0 Å². The van der Waals surface area contributed by atoms with Crippen LogP contribution in [-0.4, -0.2) is 16.5 Å². The van der Waals surface area contributed by atoms with Gasteiger partial charge < -0.3 is 5.11 Å². The van der Waals surface area contributed by atoms with E-state index in [1.165, 1.54) is 0 Å². The lowest BCUT2D eigenvalue weighted by Crippen LogP contribution is -2.50. The Morgan fingerprint density at radius 1 is 1.04 bits per heavy atom. The van der Waals surface area contributed by atoms with Gasteiger partial charge in [0.05, 0.1) is 5.60 Å². The minimum Gasteiger partial charge on any atom is -0.390 e. The van der Waals surface area contributed by atoms with Gasteiger partial charge in [-0.05, 0) is 107 Å². The molecule has 2 heteroatoms. The highest BCUT2D eigenvalue weighted by molar-refractivity contribution is 5.79. The smallest absolute Gasteiger partial charge is 0.133 e. The van der Waals surface area contributed by atoms with E-state index in [1.807, 2.05) is 13.8 Å². The van der Waals surface area contributed by atoms with Crippen LogP contribution in [0.1, 0.15) is 84.0 Å². The van der Waals surface area contributed by atoms with E-state index < -0.39 is 29.5 Å². The Kier molecular flexibility index (Phi) is 2.79. The normalized spacial score (nSPS) is 62.0. The predicted octanol–water partition coefficient (Wildman–Crippen LogP) is 4.60. The summed E-state index contributed by atoms with van der Waals surface area (Å²) in [5, 5.41) is 10.5. The fraction of sp³-hybridized carbons (Fsp3) is 0.952. The molecule has 0 bridgehead atoms. The molecular weight excluding hydrogens is 284 g/mol. The van der Waals surface area contributed by atoms with Crippen LogP contribution in [0.15, 0.2) is 0 Å². The Morgan fingerprint density at radius 2 is 1.83 bits per heavy atom. The first-order valence-electron chi connectivity index (χ1n) is 11.7. The van der Waals surface area contributed by atoms with Crippen LogP contribution < -0.4 is 0 Å². The number of ketones is 1. The van der Waals surface area contributed by atoms with Gasteiger partial charge in [-0.25, -0.2) is 0 Å². The van der Waals surface area contributed by atoms with E-state index in [4.69, 9.17) is 5.48 Å². The Labute approximate surface area is 147 Å². The fourth-order valence-corrected chi connectivity index (χ4v) is 7.27. The molecule has 8 atom stereocenters. The number of fused-ring (bicyclic) bond motifs is 5. The Hall–Kier alpha value is -0.370. The van der Waals surface area contributed by atoms with Crippen molar-refractivity contribution in [2.24, 2.45) is 40.9 Å². The minimum atomic E-state index is -2.68. The van der Waals surface area contributed by atoms with Gasteiger partial charge in [0.15, 0.2) is 0 Å². The molecule has 0 aromatic rings. The lowest BCUT2D eigenvalue weighted by Gasteiger charge is -2.56. The Morgan fingerprint density at radius 3 is 2.61 bits per heavy atom. The molecule has 2 nitrogen and oxygen atoms in total. The first-order valence-corrected chi connectivity index (χ1v) is 9.66. The zero-order valence-electron chi connectivity index (χ0n) is 18.6. The fourth-order valence-electron chi connectivity index (χ4n) is 7.27. The van der Waals surface area contributed by atoms with Gasteiger partial charge >= 0.3 is 0 Å². The second-order valence-corrected chi connectivity index (χ2v) is 9.48. The number of carbonyl (C=O) groups is 1. The molecule has 23 heavy (non-hydrogen) atoms. The molecule has 4 fully saturated rings. The van der Waals surface area contributed by atoms with Crippen LogP contribution in [0, 0.1) is 40.9 Å². The van der Waals surface area contributed by atoms with Gasteiger partial charge in [0, 0.05) is 11.4 Å². The molecule has 0 aromatic carbocycles. The summed E-state index contributed by atoms with van der Waals surface area (Å²) in [6, 6.07) is 0. The van der Waals surface area contributed by atoms with Crippen LogP contribution in [0.2, 0.25) is 0 Å². The first kappa shape index (κ1) is 12.1. The number of rotatable bonds is 1. The third-order valence-electron chi connectivity index (χ3n) is 8.30. The summed E-state index contributed by atoms with van der Waals surface area (Å²) in [7, 11) is 0. The zero-order valence-corrected chi connectivity index (χ0v) is 14.6. The maximum Gasteiger partial charge on any atom is 0.133 e. The molecule has 0 amide bonds. The summed E-state index contributed by atoms with van der Waals surface area (Å²) in [6.07, 6.45) is 8.13. The maximum absolute atomic E-state index is 12.7. The van der Waals surface area contributed by atoms with E-state index in [0.29, 0.717) is 36.0 Å². The third-order valence-corrected chi connectivity index (χ3v) is 8.30. The van der Waals surface area contributed by atoms with Crippen LogP contribution in [0.25, 0.3) is 0 Å². The molecule has 0 radical (unpaired) electrons. The zero-order chi connectivity index (χ0) is 19.8. The highest BCUT2D eigenvalue weighted by Gasteiger charge is 2.58.